The van der Waals surface area contributed by atoms with E-state index in [2.05, 4.69) is 5.10 Å². The summed E-state index contributed by atoms with van der Waals surface area (Å²) in [6.45, 7) is 0. The fourth-order valence-electron chi connectivity index (χ4n) is 0.300. The normalized spacial score (nSPS) is 11.7. The average molecular weight is 174 g/mol. The third kappa shape index (κ3) is 8.71. The molecule has 3 N–H and O–H groups in total. The monoisotopic (exact) mass is 173 g/mol. The highest BCUT2D eigenvalue weighted by molar-refractivity contribution is 6.25. The largest absolute Gasteiger partial charge is 0.350 e. The molecule has 0 radical (unpaired) electrons. The minimum Gasteiger partial charge on any atom is -0.350 e. The van der Waals surface area contributed by atoms with E-state index in [9.17, 15) is 4.79 Å². The third-order valence-electron chi connectivity index (χ3n) is 0.630. The fourth-order valence-corrected chi connectivity index (χ4v) is 0.384. The van der Waals surface area contributed by atoms with Crippen molar-refractivity contribution in [3.05, 3.63) is 23.8 Å². The van der Waals surface area contributed by atoms with E-state index in [-0.39, 0.29) is 0 Å². The van der Waals surface area contributed by atoms with Crippen LogP contribution in [0.3, 0.4) is 0 Å². The van der Waals surface area contributed by atoms with E-state index in [4.69, 9.17) is 17.3 Å². The van der Waals surface area contributed by atoms with Crippen molar-refractivity contribution in [3.63, 3.8) is 0 Å². The predicted molar refractivity (Wildman–Crippen MR) is 45.3 cm³/mol. The summed E-state index contributed by atoms with van der Waals surface area (Å²) in [5.74, 6) is 0. The van der Waals surface area contributed by atoms with Crippen LogP contribution in [-0.2, 0) is 0 Å². The standard InChI is InChI=1S/C6H8ClN3O/c7-4-2-1-3-5-9-10-6(8)11/h1-5H,(H3,8,10,11)/b3-1+,4-2+,9-5+. The molecule has 0 aliphatic carbocycles. The van der Waals surface area contributed by atoms with Gasteiger partial charge in [0.25, 0.3) is 0 Å². The minimum atomic E-state index is -0.692. The van der Waals surface area contributed by atoms with Crippen molar-refractivity contribution in [2.45, 2.75) is 0 Å². The molecule has 60 valence electrons. The van der Waals surface area contributed by atoms with Crippen LogP contribution in [0.5, 0.6) is 0 Å². The van der Waals surface area contributed by atoms with Crippen LogP contribution in [0.2, 0.25) is 0 Å². The summed E-state index contributed by atoms with van der Waals surface area (Å²) in [5.41, 5.74) is 8.09. The van der Waals surface area contributed by atoms with Crippen molar-refractivity contribution in [1.82, 2.24) is 5.43 Å². The van der Waals surface area contributed by atoms with Gasteiger partial charge in [-0.1, -0.05) is 23.8 Å². The van der Waals surface area contributed by atoms with E-state index in [1.54, 1.807) is 18.2 Å². The molecule has 0 aliphatic heterocycles. The average Bonchev–Trinajstić information content (AvgIpc) is 1.96. The number of urea groups is 1. The molecule has 0 saturated heterocycles. The minimum absolute atomic E-state index is 0.692. The number of hydrogen-bond donors (Lipinski definition) is 2. The number of rotatable bonds is 3. The first-order chi connectivity index (χ1) is 5.27. The SMILES string of the molecule is NC(=O)N/N=C/C=C/C=C/Cl. The van der Waals surface area contributed by atoms with Gasteiger partial charge in [-0.15, -0.1) is 0 Å². The number of allylic oxidation sites excluding steroid dienone is 3. The molecule has 0 heterocycles. The zero-order valence-electron chi connectivity index (χ0n) is 5.70. The first kappa shape index (κ1) is 9.71. The van der Waals surface area contributed by atoms with Crippen LogP contribution in [0.1, 0.15) is 0 Å². The molecule has 2 amide bonds. The number of hydrogen-bond acceptors (Lipinski definition) is 2. The van der Waals surface area contributed by atoms with Crippen molar-refractivity contribution in [2.24, 2.45) is 10.8 Å². The Labute approximate surface area is 69.4 Å². The second kappa shape index (κ2) is 6.82. The van der Waals surface area contributed by atoms with Crippen LogP contribution in [0.25, 0.3) is 0 Å². The van der Waals surface area contributed by atoms with Gasteiger partial charge < -0.3 is 5.73 Å². The molecule has 0 aromatic carbocycles. The highest BCUT2D eigenvalue weighted by atomic mass is 35.5. The number of halogens is 1. The van der Waals surface area contributed by atoms with Crippen LogP contribution in [0.15, 0.2) is 28.9 Å². The Morgan fingerprint density at radius 3 is 2.73 bits per heavy atom. The first-order valence-electron chi connectivity index (χ1n) is 2.78. The Kier molecular flexibility index (Phi) is 6.02. The second-order valence-electron chi connectivity index (χ2n) is 1.46. The number of carbonyl (C=O) groups is 1. The summed E-state index contributed by atoms with van der Waals surface area (Å²) in [5, 5.41) is 3.43. The van der Waals surface area contributed by atoms with Gasteiger partial charge >= 0.3 is 6.03 Å². The summed E-state index contributed by atoms with van der Waals surface area (Å²) in [6, 6.07) is -0.692. The van der Waals surface area contributed by atoms with Gasteiger partial charge in [0.2, 0.25) is 0 Å². The Balaban J connectivity index is 3.51. The molecular formula is C6H8ClN3O. The summed E-state index contributed by atoms with van der Waals surface area (Å²) < 4.78 is 0. The van der Waals surface area contributed by atoms with Crippen LogP contribution >= 0.6 is 11.6 Å². The lowest BCUT2D eigenvalue weighted by Gasteiger charge is -1.85. The van der Waals surface area contributed by atoms with Crippen molar-refractivity contribution in [2.75, 3.05) is 0 Å². The number of amides is 2. The molecule has 0 aromatic rings. The molecule has 0 fully saturated rings. The number of hydrazone groups is 1. The van der Waals surface area contributed by atoms with E-state index >= 15 is 0 Å². The number of nitrogens with zero attached hydrogens (tertiary/aromatic N) is 1. The van der Waals surface area contributed by atoms with Gasteiger partial charge in [0.1, 0.15) is 0 Å². The first-order valence-corrected chi connectivity index (χ1v) is 3.21. The molecule has 0 bridgehead atoms. The van der Waals surface area contributed by atoms with E-state index in [1.807, 2.05) is 5.43 Å². The summed E-state index contributed by atoms with van der Waals surface area (Å²) in [4.78, 5) is 10.0. The highest BCUT2D eigenvalue weighted by Gasteiger charge is 1.79. The van der Waals surface area contributed by atoms with Gasteiger partial charge in [-0.05, 0) is 6.08 Å². The van der Waals surface area contributed by atoms with Crippen molar-refractivity contribution in [1.29, 1.82) is 0 Å². The predicted octanol–water partition coefficient (Wildman–Crippen LogP) is 0.949. The highest BCUT2D eigenvalue weighted by Crippen LogP contribution is 1.78. The summed E-state index contributed by atoms with van der Waals surface area (Å²) in [7, 11) is 0. The van der Waals surface area contributed by atoms with E-state index in [0.29, 0.717) is 0 Å². The smallest absolute Gasteiger partial charge is 0.332 e. The molecule has 0 atom stereocenters. The fraction of sp³-hybridized carbons (Fsp3) is 0. The van der Waals surface area contributed by atoms with E-state index in [0.717, 1.165) is 0 Å². The van der Waals surface area contributed by atoms with Crippen molar-refractivity contribution >= 4 is 23.8 Å². The Morgan fingerprint density at radius 2 is 2.18 bits per heavy atom. The van der Waals surface area contributed by atoms with Gasteiger partial charge in [-0.3, -0.25) is 0 Å². The molecule has 0 aromatic heterocycles. The summed E-state index contributed by atoms with van der Waals surface area (Å²) in [6.07, 6.45) is 6.23. The van der Waals surface area contributed by atoms with Gasteiger partial charge in [-0.25, -0.2) is 10.2 Å². The topological polar surface area (TPSA) is 67.5 Å². The Bertz CT molecular complexity index is 198. The Morgan fingerprint density at radius 1 is 1.45 bits per heavy atom. The van der Waals surface area contributed by atoms with Crippen LogP contribution < -0.4 is 11.2 Å². The molecule has 4 nitrogen and oxygen atoms in total. The number of nitrogens with one attached hydrogen (secondary N) is 1. The maximum atomic E-state index is 10.0. The van der Waals surface area contributed by atoms with Crippen LogP contribution in [-0.4, -0.2) is 12.2 Å². The molecular weight excluding hydrogens is 166 g/mol. The molecule has 5 heteroatoms. The zero-order chi connectivity index (χ0) is 8.53. The zero-order valence-corrected chi connectivity index (χ0v) is 6.45. The lowest BCUT2D eigenvalue weighted by Crippen LogP contribution is -2.24. The molecule has 0 saturated carbocycles. The molecule has 0 aliphatic rings. The van der Waals surface area contributed by atoms with Gasteiger partial charge in [0.15, 0.2) is 0 Å². The van der Waals surface area contributed by atoms with Gasteiger partial charge in [-0.2, -0.15) is 5.10 Å². The number of primary amides is 1. The molecule has 0 spiro atoms. The maximum Gasteiger partial charge on any atom is 0.332 e. The second-order valence-corrected chi connectivity index (χ2v) is 1.71. The number of nitrogens with two attached hydrogens (primary N) is 1. The maximum absolute atomic E-state index is 10.0. The molecule has 11 heavy (non-hydrogen) atoms. The summed E-state index contributed by atoms with van der Waals surface area (Å²) >= 11 is 5.20. The van der Waals surface area contributed by atoms with E-state index < -0.39 is 6.03 Å². The van der Waals surface area contributed by atoms with Gasteiger partial charge in [0.05, 0.1) is 0 Å². The van der Waals surface area contributed by atoms with Crippen molar-refractivity contribution < 1.29 is 4.79 Å². The lowest BCUT2D eigenvalue weighted by molar-refractivity contribution is 0.249. The van der Waals surface area contributed by atoms with Crippen molar-refractivity contribution in [3.8, 4) is 0 Å². The van der Waals surface area contributed by atoms with E-state index in [1.165, 1.54) is 11.7 Å². The number of carbonyl (C=O) groups excluding carboxylic acids is 1. The van der Waals surface area contributed by atoms with Crippen LogP contribution in [0, 0.1) is 0 Å². The van der Waals surface area contributed by atoms with Gasteiger partial charge in [0, 0.05) is 11.7 Å². The molecule has 0 unspecified atom stereocenters. The third-order valence-corrected chi connectivity index (χ3v) is 0.776. The van der Waals surface area contributed by atoms with Crippen LogP contribution in [0.4, 0.5) is 4.79 Å². The quantitative estimate of drug-likeness (QED) is 0.373. The lowest BCUT2D eigenvalue weighted by atomic mass is 10.5. The Hall–Kier alpha value is -1.29. The molecule has 0 rings (SSSR count).